The minimum Gasteiger partial charge on any atom is -0.310 e. The van der Waals surface area contributed by atoms with E-state index >= 15 is 0 Å². The summed E-state index contributed by atoms with van der Waals surface area (Å²) in [5, 5.41) is 2.82. The predicted molar refractivity (Wildman–Crippen MR) is 64.8 cm³/mol. The molecule has 1 amide bonds. The molecule has 1 heterocycles. The third-order valence-electron chi connectivity index (χ3n) is 1.29. The molecule has 0 saturated heterocycles. The van der Waals surface area contributed by atoms with Crippen LogP contribution in [0.25, 0.3) is 0 Å². The first-order valence-corrected chi connectivity index (χ1v) is 4.68. The van der Waals surface area contributed by atoms with Gasteiger partial charge in [0.15, 0.2) is 0 Å². The molecule has 0 aliphatic carbocycles. The average molecular weight is 326 g/mol. The van der Waals surface area contributed by atoms with Crippen LogP contribution in [0.2, 0.25) is 0 Å². The van der Waals surface area contributed by atoms with Gasteiger partial charge in [0, 0.05) is 0 Å². The number of anilines is 2. The zero-order valence-electron chi connectivity index (χ0n) is 7.16. The molecule has 0 bridgehead atoms. The number of nitrogen functional groups attached to an aromatic ring is 1. The van der Waals surface area contributed by atoms with Gasteiger partial charge < -0.3 is 10.7 Å². The summed E-state index contributed by atoms with van der Waals surface area (Å²) < 4.78 is 0. The Kier molecular flexibility index (Phi) is 6.43. The van der Waals surface area contributed by atoms with Gasteiger partial charge in [-0.2, -0.15) is 0 Å². The Morgan fingerprint density at radius 2 is 2.14 bits per heavy atom. The maximum atomic E-state index is 10.9. The lowest BCUT2D eigenvalue weighted by molar-refractivity contribution is -0.113. The van der Waals surface area contributed by atoms with Crippen LogP contribution < -0.4 is 16.6 Å². The number of nitrogens with two attached hydrogens (primary N) is 1. The summed E-state index contributed by atoms with van der Waals surface area (Å²) >= 11 is 3.03. The molecule has 0 fully saturated rings. The van der Waals surface area contributed by atoms with E-state index in [4.69, 9.17) is 5.84 Å². The van der Waals surface area contributed by atoms with Gasteiger partial charge in [0.25, 0.3) is 0 Å². The fourth-order valence-electron chi connectivity index (χ4n) is 0.761. The summed E-state index contributed by atoms with van der Waals surface area (Å²) in [6, 6.07) is 5.12. The number of halogens is 2. The molecule has 0 unspecified atom stereocenters. The lowest BCUT2D eigenvalue weighted by Crippen LogP contribution is -2.15. The van der Waals surface area contributed by atoms with Crippen molar-refractivity contribution in [1.29, 1.82) is 0 Å². The third kappa shape index (κ3) is 4.03. The summed E-state index contributed by atoms with van der Waals surface area (Å²) in [5.41, 5.74) is 2.38. The number of carbonyl (C=O) groups excluding carboxylic acids is 1. The first-order chi connectivity index (χ1) is 6.26. The van der Waals surface area contributed by atoms with Crippen LogP contribution in [0.4, 0.5) is 11.6 Å². The number of carbonyl (C=O) groups is 1. The van der Waals surface area contributed by atoms with Gasteiger partial charge in [0.05, 0.1) is 5.33 Å². The maximum Gasteiger partial charge on any atom is 0.236 e. The summed E-state index contributed by atoms with van der Waals surface area (Å²) in [7, 11) is 0. The molecule has 4 N–H and O–H groups in total. The molecule has 78 valence electrons. The second-order valence-corrected chi connectivity index (χ2v) is 2.79. The lowest BCUT2D eigenvalue weighted by Gasteiger charge is -2.03. The fourth-order valence-corrected chi connectivity index (χ4v) is 0.901. The Hall–Kier alpha value is -0.660. The molecular weight excluding hydrogens is 316 g/mol. The number of nitrogens with one attached hydrogen (secondary N) is 2. The van der Waals surface area contributed by atoms with Gasteiger partial charge in [-0.25, -0.2) is 10.8 Å². The summed E-state index contributed by atoms with van der Waals surface area (Å²) in [5.74, 6) is 5.98. The number of nitrogens with zero attached hydrogens (tertiary/aromatic N) is 1. The van der Waals surface area contributed by atoms with Crippen molar-refractivity contribution in [2.75, 3.05) is 16.1 Å². The smallest absolute Gasteiger partial charge is 0.236 e. The van der Waals surface area contributed by atoms with E-state index in [1.165, 1.54) is 0 Å². The summed E-state index contributed by atoms with van der Waals surface area (Å²) in [6.07, 6.45) is 0. The largest absolute Gasteiger partial charge is 0.310 e. The van der Waals surface area contributed by atoms with Crippen LogP contribution in [0.15, 0.2) is 18.2 Å². The number of hydrazine groups is 1. The lowest BCUT2D eigenvalue weighted by atomic mass is 10.4. The molecular formula is C7H10Br2N4O. The van der Waals surface area contributed by atoms with E-state index in [-0.39, 0.29) is 28.2 Å². The molecule has 1 rings (SSSR count). The number of hydrogen-bond acceptors (Lipinski definition) is 4. The van der Waals surface area contributed by atoms with Crippen molar-refractivity contribution in [3.63, 3.8) is 0 Å². The fraction of sp³-hybridized carbons (Fsp3) is 0.143. The van der Waals surface area contributed by atoms with E-state index in [0.29, 0.717) is 11.6 Å². The number of hydrogen-bond donors (Lipinski definition) is 3. The van der Waals surface area contributed by atoms with Gasteiger partial charge >= 0.3 is 0 Å². The normalized spacial score (nSPS) is 8.71. The van der Waals surface area contributed by atoms with E-state index in [2.05, 4.69) is 31.7 Å². The maximum absolute atomic E-state index is 10.9. The summed E-state index contributed by atoms with van der Waals surface area (Å²) in [6.45, 7) is 0. The van der Waals surface area contributed by atoms with Crippen LogP contribution in [0.1, 0.15) is 0 Å². The number of amides is 1. The number of alkyl halides is 1. The molecule has 0 saturated carbocycles. The van der Waals surface area contributed by atoms with Gasteiger partial charge in [0.2, 0.25) is 5.91 Å². The van der Waals surface area contributed by atoms with E-state index in [0.717, 1.165) is 0 Å². The van der Waals surface area contributed by atoms with Gasteiger partial charge in [-0.05, 0) is 12.1 Å². The van der Waals surface area contributed by atoms with Crippen LogP contribution in [-0.2, 0) is 4.79 Å². The van der Waals surface area contributed by atoms with Crippen LogP contribution in [-0.4, -0.2) is 16.2 Å². The highest BCUT2D eigenvalue weighted by Gasteiger charge is 2.00. The zero-order chi connectivity index (χ0) is 9.68. The van der Waals surface area contributed by atoms with Gasteiger partial charge in [-0.15, -0.1) is 17.0 Å². The molecule has 1 aromatic rings. The monoisotopic (exact) mass is 324 g/mol. The highest BCUT2D eigenvalue weighted by Crippen LogP contribution is 2.07. The number of aromatic nitrogens is 1. The molecule has 0 aromatic carbocycles. The average Bonchev–Trinajstić information content (AvgIpc) is 2.18. The van der Waals surface area contributed by atoms with Crippen LogP contribution >= 0.6 is 32.9 Å². The van der Waals surface area contributed by atoms with Gasteiger partial charge in [-0.3, -0.25) is 4.79 Å². The molecule has 0 radical (unpaired) electrons. The molecule has 0 spiro atoms. The van der Waals surface area contributed by atoms with Crippen molar-refractivity contribution in [2.45, 2.75) is 0 Å². The molecule has 0 atom stereocenters. The minimum absolute atomic E-state index is 0. The highest BCUT2D eigenvalue weighted by molar-refractivity contribution is 9.09. The van der Waals surface area contributed by atoms with Crippen molar-refractivity contribution in [2.24, 2.45) is 5.84 Å². The van der Waals surface area contributed by atoms with Crippen molar-refractivity contribution in [1.82, 2.24) is 4.98 Å². The Bertz CT molecular complexity index is 307. The van der Waals surface area contributed by atoms with Crippen molar-refractivity contribution < 1.29 is 4.79 Å². The van der Waals surface area contributed by atoms with Crippen molar-refractivity contribution >= 4 is 50.5 Å². The first-order valence-electron chi connectivity index (χ1n) is 3.55. The first kappa shape index (κ1) is 13.3. The quantitative estimate of drug-likeness (QED) is 0.444. The van der Waals surface area contributed by atoms with E-state index < -0.39 is 0 Å². The van der Waals surface area contributed by atoms with Gasteiger partial charge in [0.1, 0.15) is 11.6 Å². The second kappa shape index (κ2) is 6.74. The standard InChI is InChI=1S/C7H9BrN4O.BrH/c8-4-7(13)11-5-2-1-3-6(10-5)12-9;/h1-3H,4,9H2,(H2,10,11,12,13);1H. The Morgan fingerprint density at radius 1 is 1.50 bits per heavy atom. The molecule has 0 aliphatic rings. The Morgan fingerprint density at radius 3 is 2.71 bits per heavy atom. The number of pyridine rings is 1. The molecule has 0 aliphatic heterocycles. The van der Waals surface area contributed by atoms with Gasteiger partial charge in [-0.1, -0.05) is 22.0 Å². The molecule has 5 nitrogen and oxygen atoms in total. The molecule has 14 heavy (non-hydrogen) atoms. The number of rotatable bonds is 3. The molecule has 1 aromatic heterocycles. The van der Waals surface area contributed by atoms with Crippen LogP contribution in [0.5, 0.6) is 0 Å². The SMILES string of the molecule is Br.NNc1cccc(NC(=O)CBr)n1. The molecule has 7 heteroatoms. The second-order valence-electron chi connectivity index (χ2n) is 2.23. The topological polar surface area (TPSA) is 80.0 Å². The van der Waals surface area contributed by atoms with E-state index in [1.54, 1.807) is 18.2 Å². The minimum atomic E-state index is -0.151. The third-order valence-corrected chi connectivity index (χ3v) is 1.80. The van der Waals surface area contributed by atoms with Crippen LogP contribution in [0, 0.1) is 0 Å². The van der Waals surface area contributed by atoms with Crippen molar-refractivity contribution in [3.8, 4) is 0 Å². The van der Waals surface area contributed by atoms with E-state index in [1.807, 2.05) is 0 Å². The highest BCUT2D eigenvalue weighted by atomic mass is 79.9. The zero-order valence-corrected chi connectivity index (χ0v) is 10.5. The van der Waals surface area contributed by atoms with Crippen molar-refractivity contribution in [3.05, 3.63) is 18.2 Å². The predicted octanol–water partition coefficient (Wildman–Crippen LogP) is 1.28. The Balaban J connectivity index is 0.00000169. The summed E-state index contributed by atoms with van der Waals surface area (Å²) in [4.78, 5) is 14.9. The van der Waals surface area contributed by atoms with Crippen LogP contribution in [0.3, 0.4) is 0 Å². The van der Waals surface area contributed by atoms with E-state index in [9.17, 15) is 4.79 Å². The Labute approximate surface area is 100 Å².